The molecule has 0 spiro atoms. The van der Waals surface area contributed by atoms with E-state index >= 15 is 0 Å². The molecule has 1 aromatic carbocycles. The summed E-state index contributed by atoms with van der Waals surface area (Å²) in [4.78, 5) is 15.7. The van der Waals surface area contributed by atoms with E-state index in [0.29, 0.717) is 19.1 Å². The average Bonchev–Trinajstić information content (AvgIpc) is 2.47. The Morgan fingerprint density at radius 2 is 2.06 bits per heavy atom. The van der Waals surface area contributed by atoms with Gasteiger partial charge in [-0.05, 0) is 18.1 Å². The topological polar surface area (TPSA) is 29.5 Å². The molecule has 4 heteroatoms. The fourth-order valence-corrected chi connectivity index (χ4v) is 3.68. The normalized spacial score (nSPS) is 23.6. The van der Waals surface area contributed by atoms with Gasteiger partial charge in [-0.25, -0.2) is 0 Å². The van der Waals surface area contributed by atoms with Crippen LogP contribution in [0.25, 0.3) is 0 Å². The lowest BCUT2D eigenvalue weighted by molar-refractivity contribution is -0.138. The first kappa shape index (κ1) is 12.1. The van der Waals surface area contributed by atoms with Crippen molar-refractivity contribution in [1.82, 2.24) is 4.90 Å². The number of morpholine rings is 1. The standard InChI is InChI=1S/C14H17NO2S/c16-14(15-5-7-17-8-6-15)12-9-11-3-1-2-4-13(11)18-10-12/h1-4,12H,5-10H2. The van der Waals surface area contributed by atoms with E-state index in [9.17, 15) is 4.79 Å². The van der Waals surface area contributed by atoms with Gasteiger partial charge in [-0.15, -0.1) is 11.8 Å². The molecule has 1 amide bonds. The van der Waals surface area contributed by atoms with Crippen LogP contribution in [0.3, 0.4) is 0 Å². The first-order chi connectivity index (χ1) is 8.84. The summed E-state index contributed by atoms with van der Waals surface area (Å²) in [6.45, 7) is 2.87. The fourth-order valence-electron chi connectivity index (χ4n) is 2.53. The molecule has 0 aromatic heterocycles. The predicted molar refractivity (Wildman–Crippen MR) is 71.8 cm³/mol. The van der Waals surface area contributed by atoms with E-state index in [-0.39, 0.29) is 5.92 Å². The number of nitrogens with zero attached hydrogens (tertiary/aromatic N) is 1. The van der Waals surface area contributed by atoms with Crippen molar-refractivity contribution in [1.29, 1.82) is 0 Å². The summed E-state index contributed by atoms with van der Waals surface area (Å²) in [7, 11) is 0. The van der Waals surface area contributed by atoms with Gasteiger partial charge in [0.05, 0.1) is 19.1 Å². The molecule has 0 radical (unpaired) electrons. The number of fused-ring (bicyclic) bond motifs is 1. The smallest absolute Gasteiger partial charge is 0.227 e. The van der Waals surface area contributed by atoms with Crippen LogP contribution in [-0.4, -0.2) is 42.9 Å². The Bertz CT molecular complexity index is 443. The van der Waals surface area contributed by atoms with Gasteiger partial charge in [-0.2, -0.15) is 0 Å². The number of thioether (sulfide) groups is 1. The number of hydrogen-bond acceptors (Lipinski definition) is 3. The molecule has 1 atom stereocenters. The van der Waals surface area contributed by atoms with Gasteiger partial charge in [0.1, 0.15) is 0 Å². The predicted octanol–water partition coefficient (Wildman–Crippen LogP) is 1.81. The van der Waals surface area contributed by atoms with E-state index in [4.69, 9.17) is 4.74 Å². The first-order valence-corrected chi connectivity index (χ1v) is 7.40. The number of carbonyl (C=O) groups is 1. The van der Waals surface area contributed by atoms with Crippen molar-refractivity contribution in [3.8, 4) is 0 Å². The maximum absolute atomic E-state index is 12.4. The summed E-state index contributed by atoms with van der Waals surface area (Å²) in [6.07, 6.45) is 0.888. The van der Waals surface area contributed by atoms with Crippen LogP contribution in [0.4, 0.5) is 0 Å². The van der Waals surface area contributed by atoms with Crippen LogP contribution in [-0.2, 0) is 16.0 Å². The van der Waals surface area contributed by atoms with Crippen molar-refractivity contribution in [3.05, 3.63) is 29.8 Å². The molecule has 1 saturated heterocycles. The number of rotatable bonds is 1. The molecule has 0 N–H and O–H groups in total. The highest BCUT2D eigenvalue weighted by atomic mass is 32.2. The Labute approximate surface area is 111 Å². The average molecular weight is 263 g/mol. The van der Waals surface area contributed by atoms with Crippen molar-refractivity contribution in [2.75, 3.05) is 32.1 Å². The Morgan fingerprint density at radius 1 is 1.28 bits per heavy atom. The summed E-state index contributed by atoms with van der Waals surface area (Å²) in [5.41, 5.74) is 1.32. The van der Waals surface area contributed by atoms with Gasteiger partial charge in [0.25, 0.3) is 0 Å². The molecule has 2 aliphatic rings. The van der Waals surface area contributed by atoms with Crippen LogP contribution in [0.15, 0.2) is 29.2 Å². The molecule has 1 unspecified atom stereocenters. The minimum atomic E-state index is 0.142. The third-order valence-corrected chi connectivity index (χ3v) is 4.83. The van der Waals surface area contributed by atoms with Gasteiger partial charge in [-0.1, -0.05) is 18.2 Å². The monoisotopic (exact) mass is 263 g/mol. The summed E-state index contributed by atoms with van der Waals surface area (Å²) in [5.74, 6) is 1.36. The summed E-state index contributed by atoms with van der Waals surface area (Å²) in [6, 6.07) is 8.41. The van der Waals surface area contributed by atoms with Crippen molar-refractivity contribution >= 4 is 17.7 Å². The van der Waals surface area contributed by atoms with Crippen LogP contribution in [0.1, 0.15) is 5.56 Å². The maximum Gasteiger partial charge on any atom is 0.227 e. The maximum atomic E-state index is 12.4. The molecule has 96 valence electrons. The van der Waals surface area contributed by atoms with E-state index in [1.54, 1.807) is 0 Å². The third kappa shape index (κ3) is 2.40. The Hall–Kier alpha value is -1.00. The first-order valence-electron chi connectivity index (χ1n) is 6.42. The lowest BCUT2D eigenvalue weighted by Crippen LogP contribution is -2.45. The van der Waals surface area contributed by atoms with Gasteiger partial charge in [-0.3, -0.25) is 4.79 Å². The molecule has 0 saturated carbocycles. The van der Waals surface area contributed by atoms with E-state index in [1.807, 2.05) is 16.7 Å². The van der Waals surface area contributed by atoms with Crippen molar-refractivity contribution in [2.24, 2.45) is 5.92 Å². The Morgan fingerprint density at radius 3 is 2.89 bits per heavy atom. The van der Waals surface area contributed by atoms with E-state index in [0.717, 1.165) is 25.3 Å². The lowest BCUT2D eigenvalue weighted by atomic mass is 9.98. The summed E-state index contributed by atoms with van der Waals surface area (Å²) >= 11 is 1.81. The Balaban J connectivity index is 1.69. The van der Waals surface area contributed by atoms with Crippen molar-refractivity contribution in [2.45, 2.75) is 11.3 Å². The summed E-state index contributed by atoms with van der Waals surface area (Å²) < 4.78 is 5.29. The van der Waals surface area contributed by atoms with Crippen LogP contribution in [0, 0.1) is 5.92 Å². The minimum Gasteiger partial charge on any atom is -0.378 e. The highest BCUT2D eigenvalue weighted by Crippen LogP contribution is 2.33. The number of benzene rings is 1. The van der Waals surface area contributed by atoms with Gasteiger partial charge in [0, 0.05) is 23.7 Å². The number of hydrogen-bond donors (Lipinski definition) is 0. The molecular formula is C14H17NO2S. The molecular weight excluding hydrogens is 246 g/mol. The number of amides is 1. The van der Waals surface area contributed by atoms with Gasteiger partial charge >= 0.3 is 0 Å². The SMILES string of the molecule is O=C(C1CSc2ccccc2C1)N1CCOCC1. The van der Waals surface area contributed by atoms with Gasteiger partial charge in [0.2, 0.25) is 5.91 Å². The van der Waals surface area contributed by atoms with E-state index < -0.39 is 0 Å². The van der Waals surface area contributed by atoms with Crippen LogP contribution in [0.2, 0.25) is 0 Å². The third-order valence-electron chi connectivity index (χ3n) is 3.55. The van der Waals surface area contributed by atoms with Gasteiger partial charge in [0.15, 0.2) is 0 Å². The van der Waals surface area contributed by atoms with Crippen LogP contribution < -0.4 is 0 Å². The van der Waals surface area contributed by atoms with Crippen LogP contribution in [0.5, 0.6) is 0 Å². The second-order valence-electron chi connectivity index (χ2n) is 4.76. The summed E-state index contributed by atoms with van der Waals surface area (Å²) in [5, 5.41) is 0. The zero-order valence-electron chi connectivity index (χ0n) is 10.3. The van der Waals surface area contributed by atoms with Crippen LogP contribution >= 0.6 is 11.8 Å². The van der Waals surface area contributed by atoms with Crippen molar-refractivity contribution < 1.29 is 9.53 Å². The molecule has 2 heterocycles. The minimum absolute atomic E-state index is 0.142. The molecule has 1 fully saturated rings. The molecule has 3 nitrogen and oxygen atoms in total. The number of ether oxygens (including phenoxy) is 1. The second-order valence-corrected chi connectivity index (χ2v) is 5.82. The van der Waals surface area contributed by atoms with E-state index in [1.165, 1.54) is 10.5 Å². The second kappa shape index (κ2) is 5.33. The lowest BCUT2D eigenvalue weighted by Gasteiger charge is -2.32. The quantitative estimate of drug-likeness (QED) is 0.774. The molecule has 1 aromatic rings. The molecule has 2 aliphatic heterocycles. The molecule has 0 aliphatic carbocycles. The fraction of sp³-hybridized carbons (Fsp3) is 0.500. The highest BCUT2D eigenvalue weighted by molar-refractivity contribution is 7.99. The molecule has 3 rings (SSSR count). The van der Waals surface area contributed by atoms with E-state index in [2.05, 4.69) is 24.3 Å². The van der Waals surface area contributed by atoms with Crippen molar-refractivity contribution in [3.63, 3.8) is 0 Å². The highest BCUT2D eigenvalue weighted by Gasteiger charge is 2.29. The van der Waals surface area contributed by atoms with Gasteiger partial charge < -0.3 is 9.64 Å². The zero-order valence-corrected chi connectivity index (χ0v) is 11.1. The zero-order chi connectivity index (χ0) is 12.4. The number of carbonyl (C=O) groups excluding carboxylic acids is 1. The Kier molecular flexibility index (Phi) is 3.57. The largest absolute Gasteiger partial charge is 0.378 e. The molecule has 0 bridgehead atoms. The molecule has 18 heavy (non-hydrogen) atoms.